The Kier molecular flexibility index (Phi) is 8.31. The molecule has 1 aromatic carbocycles. The number of nitrogens with zero attached hydrogens (tertiary/aromatic N) is 2. The molecule has 1 fully saturated rings. The molecule has 1 atom stereocenters. The van der Waals surface area contributed by atoms with E-state index in [2.05, 4.69) is 4.99 Å². The second-order valence-corrected chi connectivity index (χ2v) is 5.01. The summed E-state index contributed by atoms with van der Waals surface area (Å²) >= 11 is 5.99. The molecule has 5 nitrogen and oxygen atoms in total. The zero-order valence-electron chi connectivity index (χ0n) is 12.0. The van der Waals surface area contributed by atoms with Crippen LogP contribution in [0.4, 0.5) is 0 Å². The summed E-state index contributed by atoms with van der Waals surface area (Å²) in [4.78, 5) is 6.44. The van der Waals surface area contributed by atoms with Gasteiger partial charge in [0.1, 0.15) is 6.10 Å². The number of methoxy groups -OCH3 is 1. The van der Waals surface area contributed by atoms with Crippen molar-refractivity contribution in [2.45, 2.75) is 6.10 Å². The van der Waals surface area contributed by atoms with Crippen molar-refractivity contribution in [2.24, 2.45) is 10.7 Å². The van der Waals surface area contributed by atoms with Gasteiger partial charge >= 0.3 is 0 Å². The normalized spacial score (nSPS) is 17.2. The monoisotopic (exact) mass is 425 g/mol. The summed E-state index contributed by atoms with van der Waals surface area (Å²) < 4.78 is 10.8. The highest BCUT2D eigenvalue weighted by Gasteiger charge is 2.14. The van der Waals surface area contributed by atoms with Crippen molar-refractivity contribution in [3.05, 3.63) is 34.9 Å². The lowest BCUT2D eigenvalue weighted by atomic mass is 10.1. The third-order valence-electron chi connectivity index (χ3n) is 3.26. The lowest BCUT2D eigenvalue weighted by molar-refractivity contribution is 0.0669. The molecule has 0 amide bonds. The first kappa shape index (κ1) is 18.5. The minimum Gasteiger partial charge on any atom is -0.378 e. The first-order valence-electron chi connectivity index (χ1n) is 6.61. The quantitative estimate of drug-likeness (QED) is 0.457. The molecular formula is C14H21ClIN3O2. The van der Waals surface area contributed by atoms with Crippen molar-refractivity contribution in [1.29, 1.82) is 0 Å². The zero-order chi connectivity index (χ0) is 14.4. The summed E-state index contributed by atoms with van der Waals surface area (Å²) in [6.07, 6.45) is -0.145. The third kappa shape index (κ3) is 5.61. The average Bonchev–Trinajstić information content (AvgIpc) is 2.48. The second kappa shape index (κ2) is 9.45. The highest BCUT2D eigenvalue weighted by Crippen LogP contribution is 2.20. The van der Waals surface area contributed by atoms with Crippen molar-refractivity contribution in [3.8, 4) is 0 Å². The molecule has 1 unspecified atom stereocenters. The Labute approximate surface area is 147 Å². The predicted octanol–water partition coefficient (Wildman–Crippen LogP) is 2.29. The van der Waals surface area contributed by atoms with Crippen molar-refractivity contribution >= 4 is 41.5 Å². The molecule has 0 aromatic heterocycles. The third-order valence-corrected chi connectivity index (χ3v) is 3.49. The van der Waals surface area contributed by atoms with Crippen LogP contribution in [0.15, 0.2) is 29.3 Å². The van der Waals surface area contributed by atoms with Crippen molar-refractivity contribution in [1.82, 2.24) is 4.90 Å². The number of guanidine groups is 1. The first-order valence-corrected chi connectivity index (χ1v) is 6.99. The largest absolute Gasteiger partial charge is 0.378 e. The number of rotatable bonds is 4. The van der Waals surface area contributed by atoms with E-state index in [1.54, 1.807) is 7.11 Å². The summed E-state index contributed by atoms with van der Waals surface area (Å²) in [5, 5.41) is 0.690. The van der Waals surface area contributed by atoms with Gasteiger partial charge in [0.25, 0.3) is 0 Å². The Balaban J connectivity index is 0.00000220. The number of hydrogen-bond donors (Lipinski definition) is 1. The Morgan fingerprint density at radius 3 is 2.81 bits per heavy atom. The van der Waals surface area contributed by atoms with Crippen LogP contribution in [0.5, 0.6) is 0 Å². The van der Waals surface area contributed by atoms with Gasteiger partial charge < -0.3 is 20.1 Å². The molecule has 1 saturated heterocycles. The molecule has 0 radical (unpaired) electrons. The topological polar surface area (TPSA) is 60.1 Å². The Morgan fingerprint density at radius 2 is 2.19 bits per heavy atom. The maximum atomic E-state index is 6.00. The number of benzene rings is 1. The molecule has 0 aliphatic carbocycles. The molecule has 1 aromatic rings. The molecule has 1 heterocycles. The molecule has 21 heavy (non-hydrogen) atoms. The highest BCUT2D eigenvalue weighted by atomic mass is 127. The number of aliphatic imine (C=N–C) groups is 1. The van der Waals surface area contributed by atoms with E-state index in [-0.39, 0.29) is 30.1 Å². The van der Waals surface area contributed by atoms with Crippen LogP contribution in [-0.2, 0) is 9.47 Å². The maximum absolute atomic E-state index is 6.00. The predicted molar refractivity (Wildman–Crippen MR) is 95.5 cm³/mol. The van der Waals surface area contributed by atoms with Gasteiger partial charge in [0.05, 0.1) is 19.8 Å². The van der Waals surface area contributed by atoms with E-state index in [4.69, 9.17) is 26.8 Å². The summed E-state index contributed by atoms with van der Waals surface area (Å²) in [5.41, 5.74) is 7.00. The van der Waals surface area contributed by atoms with Crippen LogP contribution < -0.4 is 5.73 Å². The van der Waals surface area contributed by atoms with Gasteiger partial charge in [0, 0.05) is 25.2 Å². The fourth-order valence-corrected chi connectivity index (χ4v) is 2.29. The zero-order valence-corrected chi connectivity index (χ0v) is 15.1. The molecule has 7 heteroatoms. The van der Waals surface area contributed by atoms with Crippen LogP contribution in [-0.4, -0.2) is 50.8 Å². The van der Waals surface area contributed by atoms with Crippen LogP contribution in [0.3, 0.4) is 0 Å². The van der Waals surface area contributed by atoms with E-state index >= 15 is 0 Å². The lowest BCUT2D eigenvalue weighted by Gasteiger charge is -2.27. The van der Waals surface area contributed by atoms with Gasteiger partial charge in [-0.2, -0.15) is 0 Å². The Morgan fingerprint density at radius 1 is 1.48 bits per heavy atom. The fraction of sp³-hybridized carbons (Fsp3) is 0.500. The fourth-order valence-electron chi connectivity index (χ4n) is 2.09. The van der Waals surface area contributed by atoms with Crippen LogP contribution >= 0.6 is 35.6 Å². The molecular weight excluding hydrogens is 405 g/mol. The number of halogens is 2. The molecule has 0 spiro atoms. The molecule has 2 rings (SSSR count). The summed E-state index contributed by atoms with van der Waals surface area (Å²) in [7, 11) is 1.66. The van der Waals surface area contributed by atoms with Crippen LogP contribution in [0, 0.1) is 0 Å². The summed E-state index contributed by atoms with van der Waals surface area (Å²) in [5.74, 6) is 0.539. The standard InChI is InChI=1S/C14H20ClN3O2.HI/c1-19-13(11-3-2-4-12(15)9-11)10-17-14(16)18-5-7-20-8-6-18;/h2-4,9,13H,5-8,10H2,1H3,(H2,16,17);1H. The lowest BCUT2D eigenvalue weighted by Crippen LogP contribution is -2.45. The smallest absolute Gasteiger partial charge is 0.191 e. The average molecular weight is 426 g/mol. The van der Waals surface area contributed by atoms with Gasteiger partial charge in [-0.05, 0) is 17.7 Å². The maximum Gasteiger partial charge on any atom is 0.191 e. The van der Waals surface area contributed by atoms with Gasteiger partial charge in [-0.15, -0.1) is 24.0 Å². The molecule has 118 valence electrons. The Hall–Kier alpha value is -0.570. The van der Waals surface area contributed by atoms with Gasteiger partial charge in [-0.1, -0.05) is 23.7 Å². The van der Waals surface area contributed by atoms with Crippen molar-refractivity contribution < 1.29 is 9.47 Å². The van der Waals surface area contributed by atoms with Gasteiger partial charge in [-0.3, -0.25) is 4.99 Å². The summed E-state index contributed by atoms with van der Waals surface area (Å²) in [6.45, 7) is 3.42. The molecule has 0 bridgehead atoms. The number of morpholine rings is 1. The molecule has 1 aliphatic heterocycles. The first-order chi connectivity index (χ1) is 9.70. The van der Waals surface area contributed by atoms with Crippen molar-refractivity contribution in [3.63, 3.8) is 0 Å². The van der Waals surface area contributed by atoms with Gasteiger partial charge in [-0.25, -0.2) is 0 Å². The minimum absolute atomic E-state index is 0. The van der Waals surface area contributed by atoms with E-state index in [9.17, 15) is 0 Å². The van der Waals surface area contributed by atoms with Gasteiger partial charge in [0.15, 0.2) is 5.96 Å². The van der Waals surface area contributed by atoms with Crippen LogP contribution in [0.25, 0.3) is 0 Å². The Bertz CT molecular complexity index is 467. The van der Waals surface area contributed by atoms with E-state index in [0.29, 0.717) is 30.7 Å². The number of hydrogen-bond acceptors (Lipinski definition) is 3. The van der Waals surface area contributed by atoms with E-state index < -0.39 is 0 Å². The van der Waals surface area contributed by atoms with E-state index in [1.807, 2.05) is 29.2 Å². The van der Waals surface area contributed by atoms with Crippen molar-refractivity contribution in [2.75, 3.05) is 40.0 Å². The molecule has 2 N–H and O–H groups in total. The summed E-state index contributed by atoms with van der Waals surface area (Å²) in [6, 6.07) is 7.60. The second-order valence-electron chi connectivity index (χ2n) is 4.58. The van der Waals surface area contributed by atoms with E-state index in [0.717, 1.165) is 18.7 Å². The van der Waals surface area contributed by atoms with Crippen LogP contribution in [0.1, 0.15) is 11.7 Å². The van der Waals surface area contributed by atoms with Crippen LogP contribution in [0.2, 0.25) is 5.02 Å². The van der Waals surface area contributed by atoms with E-state index in [1.165, 1.54) is 0 Å². The molecule has 0 saturated carbocycles. The number of ether oxygens (including phenoxy) is 2. The highest BCUT2D eigenvalue weighted by molar-refractivity contribution is 14.0. The minimum atomic E-state index is -0.145. The SMILES string of the molecule is COC(CN=C(N)N1CCOCC1)c1cccc(Cl)c1.I. The number of nitrogens with two attached hydrogens (primary N) is 1. The molecule has 1 aliphatic rings. The van der Waals surface area contributed by atoms with Gasteiger partial charge in [0.2, 0.25) is 0 Å².